The second-order valence-electron chi connectivity index (χ2n) is 5.73. The maximum absolute atomic E-state index is 11.6. The molecule has 0 atom stereocenters. The van der Waals surface area contributed by atoms with Crippen molar-refractivity contribution in [2.24, 2.45) is 0 Å². The van der Waals surface area contributed by atoms with E-state index in [4.69, 9.17) is 4.74 Å². The minimum atomic E-state index is -0.528. The van der Waals surface area contributed by atoms with Crippen molar-refractivity contribution in [2.75, 3.05) is 13.1 Å². The number of ether oxygens (including phenoxy) is 1. The third kappa shape index (κ3) is 7.29. The fourth-order valence-corrected chi connectivity index (χ4v) is 1.67. The number of alkyl carbamates (subject to hydrolysis) is 1. The van der Waals surface area contributed by atoms with Crippen molar-refractivity contribution in [3.05, 3.63) is 30.1 Å². The lowest BCUT2D eigenvalue weighted by Crippen LogP contribution is -2.39. The first-order chi connectivity index (χ1) is 9.78. The van der Waals surface area contributed by atoms with E-state index in [0.717, 1.165) is 5.56 Å². The van der Waals surface area contributed by atoms with Gasteiger partial charge in [0.05, 0.1) is 0 Å². The Morgan fingerprint density at radius 1 is 1.38 bits per heavy atom. The lowest BCUT2D eigenvalue weighted by molar-refractivity contribution is -0.129. The average Bonchev–Trinajstić information content (AvgIpc) is 2.36. The van der Waals surface area contributed by atoms with E-state index >= 15 is 0 Å². The van der Waals surface area contributed by atoms with E-state index in [1.54, 1.807) is 38.1 Å². The van der Waals surface area contributed by atoms with Gasteiger partial charge in [0.1, 0.15) is 5.60 Å². The van der Waals surface area contributed by atoms with Crippen LogP contribution >= 0.6 is 0 Å². The smallest absolute Gasteiger partial charge is 0.407 e. The lowest BCUT2D eigenvalue weighted by Gasteiger charge is -2.23. The molecule has 0 fully saturated rings. The molecular weight excluding hydrogens is 270 g/mol. The van der Waals surface area contributed by atoms with E-state index in [1.807, 2.05) is 12.1 Å². The molecule has 0 saturated carbocycles. The van der Waals surface area contributed by atoms with Crippen LogP contribution in [0.2, 0.25) is 0 Å². The zero-order chi connectivity index (χ0) is 15.9. The van der Waals surface area contributed by atoms with Gasteiger partial charge in [0.15, 0.2) is 0 Å². The number of nitrogens with zero attached hydrogens (tertiary/aromatic N) is 2. The average molecular weight is 293 g/mol. The molecule has 1 aromatic rings. The first-order valence-corrected chi connectivity index (χ1v) is 6.89. The Balaban J connectivity index is 2.42. The largest absolute Gasteiger partial charge is 0.444 e. The standard InChI is InChI=1S/C15H23N3O3/c1-12(19)18(11-13-6-5-7-16-10-13)9-8-17-14(20)21-15(2,3)4/h5-7,10H,8-9,11H2,1-4H3,(H,17,20). The summed E-state index contributed by atoms with van der Waals surface area (Å²) in [6, 6.07) is 3.73. The molecule has 0 aromatic carbocycles. The molecule has 0 saturated heterocycles. The van der Waals surface area contributed by atoms with Crippen LogP contribution < -0.4 is 5.32 Å². The minimum absolute atomic E-state index is 0.0511. The highest BCUT2D eigenvalue weighted by Gasteiger charge is 2.16. The predicted octanol–water partition coefficient (Wildman–Crippen LogP) is 1.95. The molecule has 116 valence electrons. The molecule has 1 aromatic heterocycles. The van der Waals surface area contributed by atoms with Crippen LogP contribution in [0, 0.1) is 0 Å². The van der Waals surface area contributed by atoms with Gasteiger partial charge in [-0.05, 0) is 32.4 Å². The number of aromatic nitrogens is 1. The van der Waals surface area contributed by atoms with Crippen molar-refractivity contribution in [2.45, 2.75) is 39.8 Å². The van der Waals surface area contributed by atoms with Crippen LogP contribution in [0.4, 0.5) is 4.79 Å². The van der Waals surface area contributed by atoms with Crippen molar-refractivity contribution in [1.82, 2.24) is 15.2 Å². The second kappa shape index (κ2) is 7.61. The van der Waals surface area contributed by atoms with Crippen molar-refractivity contribution < 1.29 is 14.3 Å². The Bertz CT molecular complexity index is 469. The molecule has 1 N–H and O–H groups in total. The second-order valence-corrected chi connectivity index (χ2v) is 5.73. The lowest BCUT2D eigenvalue weighted by atomic mass is 10.2. The summed E-state index contributed by atoms with van der Waals surface area (Å²) in [6.45, 7) is 8.14. The van der Waals surface area contributed by atoms with Crippen LogP contribution in [0.1, 0.15) is 33.3 Å². The van der Waals surface area contributed by atoms with Crippen LogP contribution in [0.3, 0.4) is 0 Å². The number of nitrogens with one attached hydrogen (secondary N) is 1. The molecule has 0 aliphatic rings. The molecule has 0 spiro atoms. The van der Waals surface area contributed by atoms with Gasteiger partial charge in [-0.15, -0.1) is 0 Å². The summed E-state index contributed by atoms with van der Waals surface area (Å²) >= 11 is 0. The van der Waals surface area contributed by atoms with Gasteiger partial charge in [-0.1, -0.05) is 6.07 Å². The first-order valence-electron chi connectivity index (χ1n) is 6.89. The van der Waals surface area contributed by atoms with Crippen LogP contribution in [0.5, 0.6) is 0 Å². The minimum Gasteiger partial charge on any atom is -0.444 e. The van der Waals surface area contributed by atoms with Gasteiger partial charge in [0.2, 0.25) is 5.91 Å². The number of carbonyl (C=O) groups excluding carboxylic acids is 2. The summed E-state index contributed by atoms with van der Waals surface area (Å²) in [7, 11) is 0. The topological polar surface area (TPSA) is 71.5 Å². The first kappa shape index (κ1) is 16.9. The maximum atomic E-state index is 11.6. The van der Waals surface area contributed by atoms with Gasteiger partial charge in [-0.25, -0.2) is 4.79 Å². The van der Waals surface area contributed by atoms with E-state index in [2.05, 4.69) is 10.3 Å². The van der Waals surface area contributed by atoms with Crippen molar-refractivity contribution in [3.63, 3.8) is 0 Å². The molecule has 2 amide bonds. The Morgan fingerprint density at radius 3 is 2.62 bits per heavy atom. The quantitative estimate of drug-likeness (QED) is 0.900. The summed E-state index contributed by atoms with van der Waals surface area (Å²) in [5.41, 5.74) is 0.421. The van der Waals surface area contributed by atoms with Crippen molar-refractivity contribution in [1.29, 1.82) is 0 Å². The molecule has 1 heterocycles. The van der Waals surface area contributed by atoms with Gasteiger partial charge in [-0.3, -0.25) is 9.78 Å². The van der Waals surface area contributed by atoms with Gasteiger partial charge in [-0.2, -0.15) is 0 Å². The van der Waals surface area contributed by atoms with Crippen LogP contribution in [-0.4, -0.2) is 40.6 Å². The molecule has 21 heavy (non-hydrogen) atoms. The van der Waals surface area contributed by atoms with E-state index in [1.165, 1.54) is 6.92 Å². The number of carbonyl (C=O) groups is 2. The highest BCUT2D eigenvalue weighted by atomic mass is 16.6. The van der Waals surface area contributed by atoms with Gasteiger partial charge < -0.3 is 15.0 Å². The van der Waals surface area contributed by atoms with Crippen LogP contribution in [0.15, 0.2) is 24.5 Å². The predicted molar refractivity (Wildman–Crippen MR) is 79.6 cm³/mol. The maximum Gasteiger partial charge on any atom is 0.407 e. The molecule has 6 nitrogen and oxygen atoms in total. The fourth-order valence-electron chi connectivity index (χ4n) is 1.67. The van der Waals surface area contributed by atoms with Gasteiger partial charge >= 0.3 is 6.09 Å². The molecular formula is C15H23N3O3. The molecule has 6 heteroatoms. The fraction of sp³-hybridized carbons (Fsp3) is 0.533. The monoisotopic (exact) mass is 293 g/mol. The Hall–Kier alpha value is -2.11. The molecule has 0 unspecified atom stereocenters. The summed E-state index contributed by atoms with van der Waals surface area (Å²) in [4.78, 5) is 28.8. The van der Waals surface area contributed by atoms with Crippen molar-refractivity contribution in [3.8, 4) is 0 Å². The molecule has 0 bridgehead atoms. The number of rotatable bonds is 5. The number of hydrogen-bond donors (Lipinski definition) is 1. The number of amides is 2. The summed E-state index contributed by atoms with van der Waals surface area (Å²) in [5, 5.41) is 2.64. The van der Waals surface area contributed by atoms with Crippen molar-refractivity contribution >= 4 is 12.0 Å². The molecule has 0 aliphatic carbocycles. The molecule has 0 aliphatic heterocycles. The number of hydrogen-bond acceptors (Lipinski definition) is 4. The number of pyridine rings is 1. The Labute approximate surface area is 125 Å². The third-order valence-corrected chi connectivity index (χ3v) is 2.59. The highest BCUT2D eigenvalue weighted by Crippen LogP contribution is 2.06. The third-order valence-electron chi connectivity index (χ3n) is 2.59. The van der Waals surface area contributed by atoms with E-state index < -0.39 is 11.7 Å². The summed E-state index contributed by atoms with van der Waals surface area (Å²) in [5.74, 6) is -0.0511. The zero-order valence-corrected chi connectivity index (χ0v) is 13.0. The van der Waals surface area contributed by atoms with Gasteiger partial charge in [0.25, 0.3) is 0 Å². The SMILES string of the molecule is CC(=O)N(CCNC(=O)OC(C)(C)C)Cc1cccnc1. The summed E-state index contributed by atoms with van der Waals surface area (Å²) < 4.78 is 5.13. The van der Waals surface area contributed by atoms with E-state index in [-0.39, 0.29) is 5.91 Å². The molecule has 1 rings (SSSR count). The zero-order valence-electron chi connectivity index (χ0n) is 13.0. The highest BCUT2D eigenvalue weighted by molar-refractivity contribution is 5.73. The van der Waals surface area contributed by atoms with Gasteiger partial charge in [0, 0.05) is 39.0 Å². The normalized spacial score (nSPS) is 10.9. The van der Waals surface area contributed by atoms with Crippen LogP contribution in [0.25, 0.3) is 0 Å². The van der Waals surface area contributed by atoms with Crippen LogP contribution in [-0.2, 0) is 16.1 Å². The van der Waals surface area contributed by atoms with E-state index in [9.17, 15) is 9.59 Å². The Morgan fingerprint density at radius 2 is 2.10 bits per heavy atom. The van der Waals surface area contributed by atoms with E-state index in [0.29, 0.717) is 19.6 Å². The summed E-state index contributed by atoms with van der Waals surface area (Å²) in [6.07, 6.45) is 2.93. The molecule has 0 radical (unpaired) electrons. The Kier molecular flexibility index (Phi) is 6.14.